The molecule has 2 rings (SSSR count). The van der Waals surface area contributed by atoms with E-state index in [-0.39, 0.29) is 0 Å². The minimum absolute atomic E-state index is 0.293. The van der Waals surface area contributed by atoms with Gasteiger partial charge in [-0.25, -0.2) is 0 Å². The van der Waals surface area contributed by atoms with Gasteiger partial charge in [0.15, 0.2) is 5.41 Å². The van der Waals surface area contributed by atoms with E-state index < -0.39 is 17.4 Å². The lowest BCUT2D eigenvalue weighted by molar-refractivity contribution is -0.168. The number of carbonyl (C=O) groups excluding carboxylic acids is 2. The third kappa shape index (κ3) is 2.82. The zero-order valence-electron chi connectivity index (χ0n) is 13.1. The fourth-order valence-electron chi connectivity index (χ4n) is 2.88. The summed E-state index contributed by atoms with van der Waals surface area (Å²) in [7, 11) is 2.59. The van der Waals surface area contributed by atoms with Crippen LogP contribution in [0.1, 0.15) is 25.3 Å². The average molecular weight is 300 g/mol. The first kappa shape index (κ1) is 16.0. The Morgan fingerprint density at radius 3 is 2.05 bits per heavy atom. The molecule has 4 nitrogen and oxygen atoms in total. The molecule has 116 valence electrons. The summed E-state index contributed by atoms with van der Waals surface area (Å²) in [5, 5.41) is 0. The Balaban J connectivity index is 2.45. The lowest BCUT2D eigenvalue weighted by atomic mass is 9.85. The van der Waals surface area contributed by atoms with E-state index in [0.717, 1.165) is 16.7 Å². The standard InChI is InChI=1S/C18H20O4/c1-4-14-11-18(16(19)21-2,17(20)22-3)12-15(14)10-13-8-6-5-7-9-13/h4-10H,11-12H2,1-3H3/b14-4+,15-10+. The second kappa shape index (κ2) is 6.60. The molecule has 0 aromatic heterocycles. The first-order valence-corrected chi connectivity index (χ1v) is 7.15. The van der Waals surface area contributed by atoms with Crippen molar-refractivity contribution in [2.24, 2.45) is 5.41 Å². The van der Waals surface area contributed by atoms with Gasteiger partial charge in [0.1, 0.15) is 0 Å². The fourth-order valence-corrected chi connectivity index (χ4v) is 2.88. The summed E-state index contributed by atoms with van der Waals surface area (Å²) in [6.45, 7) is 1.90. The van der Waals surface area contributed by atoms with Crippen LogP contribution in [0.2, 0.25) is 0 Å². The molecule has 0 spiro atoms. The number of allylic oxidation sites excluding steroid dienone is 3. The van der Waals surface area contributed by atoms with Crippen molar-refractivity contribution in [2.45, 2.75) is 19.8 Å². The van der Waals surface area contributed by atoms with Gasteiger partial charge in [-0.1, -0.05) is 42.5 Å². The molecule has 0 heterocycles. The highest BCUT2D eigenvalue weighted by Crippen LogP contribution is 2.47. The summed E-state index contributed by atoms with van der Waals surface area (Å²) in [6, 6.07) is 9.81. The predicted octanol–water partition coefficient (Wildman–Crippen LogP) is 3.14. The van der Waals surface area contributed by atoms with E-state index in [1.165, 1.54) is 14.2 Å². The highest BCUT2D eigenvalue weighted by atomic mass is 16.5. The van der Waals surface area contributed by atoms with Crippen molar-refractivity contribution >= 4 is 18.0 Å². The molecule has 1 aromatic rings. The van der Waals surface area contributed by atoms with E-state index in [1.807, 2.05) is 49.4 Å². The number of ether oxygens (including phenoxy) is 2. The van der Waals surface area contributed by atoms with Gasteiger partial charge in [0.25, 0.3) is 0 Å². The molecule has 1 saturated carbocycles. The maximum Gasteiger partial charge on any atom is 0.323 e. The van der Waals surface area contributed by atoms with Crippen LogP contribution in [0.15, 0.2) is 47.6 Å². The Labute approximate surface area is 130 Å². The monoisotopic (exact) mass is 300 g/mol. The second-order valence-electron chi connectivity index (χ2n) is 5.31. The average Bonchev–Trinajstić information content (AvgIpc) is 2.94. The van der Waals surface area contributed by atoms with Gasteiger partial charge in [0, 0.05) is 0 Å². The molecule has 0 saturated heterocycles. The molecule has 1 aliphatic carbocycles. The van der Waals surface area contributed by atoms with E-state index in [4.69, 9.17) is 9.47 Å². The Hall–Kier alpha value is -2.36. The van der Waals surface area contributed by atoms with Crippen molar-refractivity contribution in [3.05, 3.63) is 53.1 Å². The zero-order valence-corrected chi connectivity index (χ0v) is 13.1. The second-order valence-corrected chi connectivity index (χ2v) is 5.31. The van der Waals surface area contributed by atoms with Crippen LogP contribution >= 0.6 is 0 Å². The smallest absolute Gasteiger partial charge is 0.323 e. The molecule has 1 aliphatic rings. The topological polar surface area (TPSA) is 52.6 Å². The first-order valence-electron chi connectivity index (χ1n) is 7.15. The maximum atomic E-state index is 12.2. The largest absolute Gasteiger partial charge is 0.468 e. The van der Waals surface area contributed by atoms with E-state index in [0.29, 0.717) is 12.8 Å². The van der Waals surface area contributed by atoms with Crippen molar-refractivity contribution in [1.29, 1.82) is 0 Å². The quantitative estimate of drug-likeness (QED) is 0.635. The van der Waals surface area contributed by atoms with E-state index in [9.17, 15) is 9.59 Å². The van der Waals surface area contributed by atoms with Gasteiger partial charge in [-0.3, -0.25) is 9.59 Å². The molecule has 0 radical (unpaired) electrons. The van der Waals surface area contributed by atoms with Gasteiger partial charge in [-0.2, -0.15) is 0 Å². The van der Waals surface area contributed by atoms with Crippen molar-refractivity contribution in [3.63, 3.8) is 0 Å². The summed E-state index contributed by atoms with van der Waals surface area (Å²) >= 11 is 0. The SMILES string of the molecule is C/C=C1\CC(C(=O)OC)(C(=O)OC)C\C1=C/c1ccccc1. The summed E-state index contributed by atoms with van der Waals surface area (Å²) in [4.78, 5) is 24.4. The number of methoxy groups -OCH3 is 2. The number of esters is 2. The number of hydrogen-bond acceptors (Lipinski definition) is 4. The first-order chi connectivity index (χ1) is 10.6. The highest BCUT2D eigenvalue weighted by Gasteiger charge is 2.53. The van der Waals surface area contributed by atoms with Crippen LogP contribution in [0, 0.1) is 5.41 Å². The van der Waals surface area contributed by atoms with Crippen molar-refractivity contribution in [2.75, 3.05) is 14.2 Å². The van der Waals surface area contributed by atoms with E-state index in [2.05, 4.69) is 0 Å². The van der Waals surface area contributed by atoms with Crippen LogP contribution in [0.5, 0.6) is 0 Å². The van der Waals surface area contributed by atoms with E-state index >= 15 is 0 Å². The van der Waals surface area contributed by atoms with Gasteiger partial charge < -0.3 is 9.47 Å². The number of carbonyl (C=O) groups is 2. The summed E-state index contributed by atoms with van der Waals surface area (Å²) in [5.74, 6) is -1.09. The van der Waals surface area contributed by atoms with Crippen molar-refractivity contribution < 1.29 is 19.1 Å². The molecule has 0 atom stereocenters. The molecule has 1 fully saturated rings. The Bertz CT molecular complexity index is 610. The molecule has 0 amide bonds. The van der Waals surface area contributed by atoms with Crippen LogP contribution in [-0.2, 0) is 19.1 Å². The Morgan fingerprint density at radius 1 is 1.00 bits per heavy atom. The minimum Gasteiger partial charge on any atom is -0.468 e. The fraction of sp³-hybridized carbons (Fsp3) is 0.333. The lowest BCUT2D eigenvalue weighted by Gasteiger charge is -2.21. The third-order valence-electron chi connectivity index (χ3n) is 4.04. The van der Waals surface area contributed by atoms with Crippen molar-refractivity contribution in [1.82, 2.24) is 0 Å². The molecule has 4 heteroatoms. The minimum atomic E-state index is -1.27. The van der Waals surface area contributed by atoms with Gasteiger partial charge >= 0.3 is 11.9 Å². The van der Waals surface area contributed by atoms with Crippen LogP contribution in [-0.4, -0.2) is 26.2 Å². The van der Waals surface area contributed by atoms with Crippen LogP contribution in [0.25, 0.3) is 6.08 Å². The summed E-state index contributed by atoms with van der Waals surface area (Å²) in [5.41, 5.74) is 1.69. The van der Waals surface area contributed by atoms with E-state index in [1.54, 1.807) is 0 Å². The molecule has 0 aliphatic heterocycles. The van der Waals surface area contributed by atoms with Crippen LogP contribution in [0.3, 0.4) is 0 Å². The van der Waals surface area contributed by atoms with Gasteiger partial charge in [0.2, 0.25) is 0 Å². The van der Waals surface area contributed by atoms with Crippen molar-refractivity contribution in [3.8, 4) is 0 Å². The molecule has 1 aromatic carbocycles. The molecule has 0 bridgehead atoms. The summed E-state index contributed by atoms with van der Waals surface area (Å²) in [6.07, 6.45) is 4.54. The summed E-state index contributed by atoms with van der Waals surface area (Å²) < 4.78 is 9.72. The molecule has 0 unspecified atom stereocenters. The molecule has 0 N–H and O–H groups in total. The van der Waals surface area contributed by atoms with Crippen LogP contribution < -0.4 is 0 Å². The molecular formula is C18H20O4. The maximum absolute atomic E-state index is 12.2. The Morgan fingerprint density at radius 2 is 1.55 bits per heavy atom. The number of benzene rings is 1. The van der Waals surface area contributed by atoms with Gasteiger partial charge in [-0.15, -0.1) is 0 Å². The molecular weight excluding hydrogens is 280 g/mol. The third-order valence-corrected chi connectivity index (χ3v) is 4.04. The zero-order chi connectivity index (χ0) is 16.2. The predicted molar refractivity (Wildman–Crippen MR) is 83.9 cm³/mol. The van der Waals surface area contributed by atoms with Gasteiger partial charge in [-0.05, 0) is 36.5 Å². The number of rotatable bonds is 3. The normalized spacial score (nSPS) is 20.1. The lowest BCUT2D eigenvalue weighted by Crippen LogP contribution is -2.38. The van der Waals surface area contributed by atoms with Gasteiger partial charge in [0.05, 0.1) is 14.2 Å². The Kier molecular flexibility index (Phi) is 4.81. The highest BCUT2D eigenvalue weighted by molar-refractivity contribution is 6.02. The molecule has 22 heavy (non-hydrogen) atoms. The van der Waals surface area contributed by atoms with Crippen LogP contribution in [0.4, 0.5) is 0 Å². The number of hydrogen-bond donors (Lipinski definition) is 0.